The van der Waals surface area contributed by atoms with E-state index in [4.69, 9.17) is 4.52 Å². The summed E-state index contributed by atoms with van der Waals surface area (Å²) >= 11 is 2.99. The van der Waals surface area contributed by atoms with Gasteiger partial charge < -0.3 is 19.7 Å². The fourth-order valence-electron chi connectivity index (χ4n) is 6.58. The first-order valence-electron chi connectivity index (χ1n) is 14.2. The average Bonchev–Trinajstić information content (AvgIpc) is 3.51. The molecular weight excluding hydrogens is 606 g/mol. The number of alkyl halides is 3. The van der Waals surface area contributed by atoms with E-state index in [-0.39, 0.29) is 34.4 Å². The van der Waals surface area contributed by atoms with Crippen molar-refractivity contribution in [2.75, 3.05) is 0 Å². The van der Waals surface area contributed by atoms with Gasteiger partial charge in [0, 0.05) is 34.9 Å². The fraction of sp³-hybridized carbons (Fsp3) is 0.433. The van der Waals surface area contributed by atoms with Crippen molar-refractivity contribution in [1.82, 2.24) is 15.5 Å². The van der Waals surface area contributed by atoms with Crippen molar-refractivity contribution in [2.45, 2.75) is 73.0 Å². The van der Waals surface area contributed by atoms with E-state index in [1.54, 1.807) is 23.9 Å². The fourth-order valence-corrected chi connectivity index (χ4v) is 9.39. The Morgan fingerprint density at radius 1 is 1.14 bits per heavy atom. The highest BCUT2D eigenvalue weighted by molar-refractivity contribution is 8.01. The molecule has 7 rings (SSSR count). The monoisotopic (exact) mass is 633 g/mol. The molecule has 3 fully saturated rings. The molecule has 0 spiro atoms. The third-order valence-electron chi connectivity index (χ3n) is 8.63. The Labute approximate surface area is 252 Å². The van der Waals surface area contributed by atoms with Crippen LogP contribution in [0.1, 0.15) is 66.1 Å². The number of nitrogens with zero attached hydrogens (tertiary/aromatic N) is 2. The van der Waals surface area contributed by atoms with Gasteiger partial charge >= 0.3 is 12.3 Å². The number of rotatable bonds is 9. The molecular formula is C30H27F4N3O4S2. The summed E-state index contributed by atoms with van der Waals surface area (Å²) in [7, 11) is 0. The van der Waals surface area contributed by atoms with Gasteiger partial charge in [-0.15, -0.1) is 24.5 Å². The highest BCUT2D eigenvalue weighted by atomic mass is 32.2. The van der Waals surface area contributed by atoms with Crippen LogP contribution in [0.3, 0.4) is 0 Å². The van der Waals surface area contributed by atoms with Gasteiger partial charge in [-0.25, -0.2) is 14.2 Å². The number of nitrogens with one attached hydrogen (secondary N) is 1. The van der Waals surface area contributed by atoms with E-state index in [0.717, 1.165) is 60.3 Å². The first kappa shape index (κ1) is 28.6. The van der Waals surface area contributed by atoms with Crippen LogP contribution in [0.5, 0.6) is 5.75 Å². The van der Waals surface area contributed by atoms with Gasteiger partial charge in [0.1, 0.15) is 22.7 Å². The summed E-state index contributed by atoms with van der Waals surface area (Å²) < 4.78 is 65.1. The number of hydrogen-bond acceptors (Lipinski definition) is 8. The summed E-state index contributed by atoms with van der Waals surface area (Å²) in [6.45, 7) is 0.427. The smallest absolute Gasteiger partial charge is 0.478 e. The first-order valence-corrected chi connectivity index (χ1v) is 15.9. The molecule has 2 atom stereocenters. The van der Waals surface area contributed by atoms with E-state index in [9.17, 15) is 27.5 Å². The quantitative estimate of drug-likeness (QED) is 0.179. The second kappa shape index (κ2) is 11.1. The van der Waals surface area contributed by atoms with E-state index < -0.39 is 18.1 Å². The van der Waals surface area contributed by atoms with Crippen molar-refractivity contribution in [3.05, 3.63) is 59.1 Å². The Kier molecular flexibility index (Phi) is 7.37. The van der Waals surface area contributed by atoms with Crippen LogP contribution in [-0.2, 0) is 6.54 Å². The molecule has 2 heterocycles. The van der Waals surface area contributed by atoms with Crippen molar-refractivity contribution in [1.29, 1.82) is 0 Å². The average molecular weight is 634 g/mol. The summed E-state index contributed by atoms with van der Waals surface area (Å²) in [5, 5.41) is 17.5. The maximum atomic E-state index is 14.5. The molecule has 2 bridgehead atoms. The Morgan fingerprint density at radius 3 is 2.58 bits per heavy atom. The van der Waals surface area contributed by atoms with Gasteiger partial charge in [0.2, 0.25) is 0 Å². The molecule has 43 heavy (non-hydrogen) atoms. The standard InChI is InChI=1S/C30H27F4N3O4S2/c31-21-11-17(28(38)39)12-23-25(21)36-29(42-23)43-27-15-7-8-16(27)10-18(9-15)35-13-20-24(37-41-26(20)14-5-6-14)19-3-1-2-4-22(19)40-30(32,33)34/h1-4,11-12,14-16,18,27,35H,5-10,13H2,(H,38,39). The molecule has 4 aromatic rings. The van der Waals surface area contributed by atoms with Crippen molar-refractivity contribution >= 4 is 39.3 Å². The molecule has 0 saturated heterocycles. The Morgan fingerprint density at radius 2 is 1.88 bits per heavy atom. The Bertz CT molecular complexity index is 1670. The normalized spacial score (nSPS) is 23.6. The number of fused-ring (bicyclic) bond motifs is 3. The van der Waals surface area contributed by atoms with Crippen molar-refractivity contribution in [3.63, 3.8) is 0 Å². The second-order valence-electron chi connectivity index (χ2n) is 11.5. The minimum absolute atomic E-state index is 0.0889. The Hall–Kier alpha value is -3.16. The van der Waals surface area contributed by atoms with Crippen LogP contribution in [-0.4, -0.2) is 38.9 Å². The lowest BCUT2D eigenvalue weighted by molar-refractivity contribution is -0.274. The predicted octanol–water partition coefficient (Wildman–Crippen LogP) is 8.00. The second-order valence-corrected chi connectivity index (χ2v) is 14.0. The molecule has 2 aromatic carbocycles. The number of thiazole rings is 1. The van der Waals surface area contributed by atoms with E-state index >= 15 is 0 Å². The van der Waals surface area contributed by atoms with Crippen LogP contribution in [0.2, 0.25) is 0 Å². The maximum Gasteiger partial charge on any atom is 0.573 e. The minimum atomic E-state index is -4.82. The highest BCUT2D eigenvalue weighted by Gasteiger charge is 2.44. The summed E-state index contributed by atoms with van der Waals surface area (Å²) in [5.41, 5.74) is 1.51. The van der Waals surface area contributed by atoms with Crippen molar-refractivity contribution < 1.29 is 36.7 Å². The minimum Gasteiger partial charge on any atom is -0.478 e. The molecule has 3 saturated carbocycles. The molecule has 2 unspecified atom stereocenters. The topological polar surface area (TPSA) is 97.5 Å². The summed E-state index contributed by atoms with van der Waals surface area (Å²) in [6.07, 6.45) is 1.12. The van der Waals surface area contributed by atoms with Gasteiger partial charge in [0.05, 0.1) is 10.3 Å². The predicted molar refractivity (Wildman–Crippen MR) is 153 cm³/mol. The molecule has 2 aromatic heterocycles. The van der Waals surface area contributed by atoms with E-state index in [0.29, 0.717) is 34.0 Å². The lowest BCUT2D eigenvalue weighted by Gasteiger charge is -2.35. The number of ether oxygens (including phenoxy) is 1. The van der Waals surface area contributed by atoms with E-state index in [1.807, 2.05) is 0 Å². The molecule has 0 amide bonds. The van der Waals surface area contributed by atoms with Crippen LogP contribution in [0, 0.1) is 17.7 Å². The number of aromatic carboxylic acids is 1. The van der Waals surface area contributed by atoms with Gasteiger partial charge in [-0.3, -0.25) is 0 Å². The molecule has 7 nitrogen and oxygen atoms in total. The number of benzene rings is 2. The molecule has 13 heteroatoms. The van der Waals surface area contributed by atoms with Crippen molar-refractivity contribution in [3.8, 4) is 17.0 Å². The van der Waals surface area contributed by atoms with Gasteiger partial charge in [-0.1, -0.05) is 29.1 Å². The number of para-hydroxylation sites is 1. The summed E-state index contributed by atoms with van der Waals surface area (Å²) in [4.78, 5) is 15.8. The molecule has 0 aliphatic heterocycles. The lowest BCUT2D eigenvalue weighted by Crippen LogP contribution is -2.39. The number of carboxylic acid groups (broad SMARTS) is 1. The molecule has 226 valence electrons. The van der Waals surface area contributed by atoms with Crippen LogP contribution < -0.4 is 10.1 Å². The number of thioether (sulfide) groups is 1. The zero-order valence-electron chi connectivity index (χ0n) is 22.7. The summed E-state index contributed by atoms with van der Waals surface area (Å²) in [5.74, 6) is -0.296. The van der Waals surface area contributed by atoms with Gasteiger partial charge in [-0.2, -0.15) is 0 Å². The zero-order valence-corrected chi connectivity index (χ0v) is 24.3. The first-order chi connectivity index (χ1) is 20.6. The van der Waals surface area contributed by atoms with Crippen LogP contribution >= 0.6 is 23.1 Å². The lowest BCUT2D eigenvalue weighted by atomic mass is 9.84. The van der Waals surface area contributed by atoms with Gasteiger partial charge in [0.25, 0.3) is 0 Å². The zero-order chi connectivity index (χ0) is 29.9. The number of carbonyl (C=O) groups is 1. The largest absolute Gasteiger partial charge is 0.573 e. The number of hydrogen-bond donors (Lipinski definition) is 2. The van der Waals surface area contributed by atoms with Gasteiger partial charge in [-0.05, 0) is 74.6 Å². The van der Waals surface area contributed by atoms with Crippen LogP contribution in [0.25, 0.3) is 21.5 Å². The van der Waals surface area contributed by atoms with Crippen LogP contribution in [0.4, 0.5) is 17.6 Å². The molecule has 3 aliphatic rings. The Balaban J connectivity index is 1.06. The van der Waals surface area contributed by atoms with Crippen LogP contribution in [0.15, 0.2) is 45.3 Å². The number of halogens is 4. The number of aromatic nitrogens is 2. The third kappa shape index (κ3) is 5.86. The molecule has 0 radical (unpaired) electrons. The third-order valence-corrected chi connectivity index (χ3v) is 11.3. The number of carboxylic acids is 1. The SMILES string of the molecule is O=C(O)c1cc(F)c2nc(SC3C4CCC3CC(NCc3c(-c5ccccc5OC(F)(F)F)noc3C3CC3)C4)sc2c1. The van der Waals surface area contributed by atoms with Crippen molar-refractivity contribution in [2.24, 2.45) is 11.8 Å². The molecule has 3 aliphatic carbocycles. The van der Waals surface area contributed by atoms with E-state index in [1.165, 1.54) is 29.5 Å². The van der Waals surface area contributed by atoms with Gasteiger partial charge in [0.15, 0.2) is 10.2 Å². The van der Waals surface area contributed by atoms with E-state index in [2.05, 4.69) is 20.2 Å². The summed E-state index contributed by atoms with van der Waals surface area (Å²) in [6, 6.07) is 8.71. The maximum absolute atomic E-state index is 14.5. The molecule has 2 N–H and O–H groups in total. The highest BCUT2D eigenvalue weighted by Crippen LogP contribution is 2.51.